The Balaban J connectivity index is 2.23. The molecule has 0 radical (unpaired) electrons. The average molecular weight is 405 g/mol. The number of ether oxygens (including phenoxy) is 1. The summed E-state index contributed by atoms with van der Waals surface area (Å²) in [4.78, 5) is 12.8. The molecular formula is C21H28N2O4S. The second-order valence-electron chi connectivity index (χ2n) is 6.90. The van der Waals surface area contributed by atoms with Crippen LogP contribution in [-0.2, 0) is 10.0 Å². The second kappa shape index (κ2) is 8.65. The van der Waals surface area contributed by atoms with E-state index in [2.05, 4.69) is 5.32 Å². The molecule has 1 amide bonds. The van der Waals surface area contributed by atoms with Crippen LogP contribution in [-0.4, -0.2) is 34.7 Å². The molecule has 0 saturated heterocycles. The van der Waals surface area contributed by atoms with E-state index in [0.717, 1.165) is 29.6 Å². The third kappa shape index (κ3) is 4.84. The maximum Gasteiger partial charge on any atom is 0.251 e. The summed E-state index contributed by atoms with van der Waals surface area (Å²) < 4.78 is 30.0. The molecule has 0 saturated carbocycles. The standard InChI is InChI=1S/C21H28N2O4S/c1-7-18(16-9-11-20(27-5)15(3)13-16)22-21(24)17-8-10-19(14(2)12-17)23(4)28(6,25)26/h8-13,18H,7H2,1-6H3,(H,22,24)/t18-/m0/s1. The molecule has 0 aliphatic rings. The zero-order valence-corrected chi connectivity index (χ0v) is 18.1. The van der Waals surface area contributed by atoms with Crippen LogP contribution in [0.5, 0.6) is 5.75 Å². The van der Waals surface area contributed by atoms with Crippen LogP contribution < -0.4 is 14.4 Å². The summed E-state index contributed by atoms with van der Waals surface area (Å²) in [6.07, 6.45) is 1.89. The van der Waals surface area contributed by atoms with Gasteiger partial charge in [-0.15, -0.1) is 0 Å². The quantitative estimate of drug-likeness (QED) is 0.765. The number of nitrogens with zero attached hydrogens (tertiary/aromatic N) is 1. The van der Waals surface area contributed by atoms with E-state index in [1.807, 2.05) is 32.0 Å². The van der Waals surface area contributed by atoms with Gasteiger partial charge in [-0.3, -0.25) is 9.10 Å². The summed E-state index contributed by atoms with van der Waals surface area (Å²) >= 11 is 0. The van der Waals surface area contributed by atoms with Gasteiger partial charge < -0.3 is 10.1 Å². The highest BCUT2D eigenvalue weighted by Crippen LogP contribution is 2.26. The smallest absolute Gasteiger partial charge is 0.251 e. The Morgan fingerprint density at radius 3 is 2.32 bits per heavy atom. The molecule has 0 unspecified atom stereocenters. The predicted molar refractivity (Wildman–Crippen MR) is 113 cm³/mol. The van der Waals surface area contributed by atoms with Crippen molar-refractivity contribution in [1.82, 2.24) is 5.32 Å². The molecular weight excluding hydrogens is 376 g/mol. The largest absolute Gasteiger partial charge is 0.496 e. The number of sulfonamides is 1. The highest BCUT2D eigenvalue weighted by atomic mass is 32.2. The van der Waals surface area contributed by atoms with Crippen molar-refractivity contribution < 1.29 is 17.9 Å². The Hall–Kier alpha value is -2.54. The maximum atomic E-state index is 12.8. The fourth-order valence-electron chi connectivity index (χ4n) is 3.11. The number of carbonyl (C=O) groups excluding carboxylic acids is 1. The first-order valence-corrected chi connectivity index (χ1v) is 10.9. The van der Waals surface area contributed by atoms with Crippen LogP contribution >= 0.6 is 0 Å². The van der Waals surface area contributed by atoms with Crippen LogP contribution in [0.4, 0.5) is 5.69 Å². The van der Waals surface area contributed by atoms with Crippen molar-refractivity contribution in [2.45, 2.75) is 33.2 Å². The van der Waals surface area contributed by atoms with Gasteiger partial charge in [-0.1, -0.05) is 19.1 Å². The van der Waals surface area contributed by atoms with Gasteiger partial charge in [-0.25, -0.2) is 8.42 Å². The zero-order chi connectivity index (χ0) is 21.1. The highest BCUT2D eigenvalue weighted by molar-refractivity contribution is 7.92. The Bertz CT molecular complexity index is 970. The number of carbonyl (C=O) groups is 1. The average Bonchev–Trinajstić information content (AvgIpc) is 2.64. The van der Waals surface area contributed by atoms with Gasteiger partial charge in [0.15, 0.2) is 0 Å². The lowest BCUT2D eigenvalue weighted by atomic mass is 10.0. The highest BCUT2D eigenvalue weighted by Gasteiger charge is 2.18. The van der Waals surface area contributed by atoms with E-state index in [1.54, 1.807) is 32.2 Å². The first-order valence-electron chi connectivity index (χ1n) is 9.08. The van der Waals surface area contributed by atoms with Crippen LogP contribution in [0.15, 0.2) is 36.4 Å². The lowest BCUT2D eigenvalue weighted by Crippen LogP contribution is -2.29. The minimum atomic E-state index is -3.36. The van der Waals surface area contributed by atoms with Crippen molar-refractivity contribution >= 4 is 21.6 Å². The molecule has 152 valence electrons. The molecule has 2 aromatic rings. The molecule has 2 rings (SSSR count). The third-order valence-electron chi connectivity index (χ3n) is 4.83. The van der Waals surface area contributed by atoms with Crippen molar-refractivity contribution in [3.8, 4) is 5.75 Å². The molecule has 0 bridgehead atoms. The third-order valence-corrected chi connectivity index (χ3v) is 6.02. The fourth-order valence-corrected chi connectivity index (χ4v) is 3.67. The Morgan fingerprint density at radius 1 is 1.14 bits per heavy atom. The summed E-state index contributed by atoms with van der Waals surface area (Å²) in [5, 5.41) is 3.06. The van der Waals surface area contributed by atoms with Gasteiger partial charge in [-0.2, -0.15) is 0 Å². The second-order valence-corrected chi connectivity index (χ2v) is 8.91. The number of hydrogen-bond donors (Lipinski definition) is 1. The number of methoxy groups -OCH3 is 1. The molecule has 1 atom stereocenters. The number of rotatable bonds is 7. The molecule has 1 N–H and O–H groups in total. The number of aryl methyl sites for hydroxylation is 2. The number of amides is 1. The zero-order valence-electron chi connectivity index (χ0n) is 17.2. The van der Waals surface area contributed by atoms with Crippen LogP contribution in [0, 0.1) is 13.8 Å². The molecule has 0 aromatic heterocycles. The Morgan fingerprint density at radius 2 is 1.82 bits per heavy atom. The Labute approximate surface area is 167 Å². The molecule has 2 aromatic carbocycles. The summed E-state index contributed by atoms with van der Waals surface area (Å²) in [7, 11) is -0.228. The number of benzene rings is 2. The van der Waals surface area contributed by atoms with Crippen molar-refractivity contribution in [2.24, 2.45) is 0 Å². The van der Waals surface area contributed by atoms with E-state index in [1.165, 1.54) is 11.4 Å². The van der Waals surface area contributed by atoms with Gasteiger partial charge in [-0.05, 0) is 61.2 Å². The normalized spacial score (nSPS) is 12.4. The summed E-state index contributed by atoms with van der Waals surface area (Å²) in [5.74, 6) is 0.614. The van der Waals surface area contributed by atoms with Gasteiger partial charge in [0.05, 0.1) is 25.1 Å². The van der Waals surface area contributed by atoms with Gasteiger partial charge in [0.25, 0.3) is 5.91 Å². The number of nitrogens with one attached hydrogen (secondary N) is 1. The van der Waals surface area contributed by atoms with Crippen LogP contribution in [0.25, 0.3) is 0 Å². The van der Waals surface area contributed by atoms with Gasteiger partial charge in [0.2, 0.25) is 10.0 Å². The SMILES string of the molecule is CC[C@H](NC(=O)c1ccc(N(C)S(C)(=O)=O)c(C)c1)c1ccc(OC)c(C)c1. The minimum absolute atomic E-state index is 0.129. The molecule has 0 heterocycles. The van der Waals surface area contributed by atoms with E-state index in [4.69, 9.17) is 4.74 Å². The van der Waals surface area contributed by atoms with Crippen LogP contribution in [0.1, 0.15) is 46.4 Å². The summed E-state index contributed by atoms with van der Waals surface area (Å²) in [6.45, 7) is 5.77. The molecule has 0 spiro atoms. The summed E-state index contributed by atoms with van der Waals surface area (Å²) in [5.41, 5.74) is 3.79. The molecule has 0 aliphatic carbocycles. The number of hydrogen-bond acceptors (Lipinski definition) is 4. The summed E-state index contributed by atoms with van der Waals surface area (Å²) in [6, 6.07) is 10.8. The lowest BCUT2D eigenvalue weighted by Gasteiger charge is -2.21. The topological polar surface area (TPSA) is 75.7 Å². The van der Waals surface area contributed by atoms with Crippen molar-refractivity contribution in [3.63, 3.8) is 0 Å². The van der Waals surface area contributed by atoms with Crippen molar-refractivity contribution in [1.29, 1.82) is 0 Å². The maximum absolute atomic E-state index is 12.8. The predicted octanol–water partition coefficient (Wildman–Crippen LogP) is 3.59. The molecule has 28 heavy (non-hydrogen) atoms. The van der Waals surface area contributed by atoms with Crippen molar-refractivity contribution in [2.75, 3.05) is 24.7 Å². The minimum Gasteiger partial charge on any atom is -0.496 e. The van der Waals surface area contributed by atoms with Crippen molar-refractivity contribution in [3.05, 3.63) is 58.7 Å². The van der Waals surface area contributed by atoms with E-state index >= 15 is 0 Å². The van der Waals surface area contributed by atoms with E-state index < -0.39 is 10.0 Å². The molecule has 0 fully saturated rings. The first-order chi connectivity index (χ1) is 13.1. The molecule has 6 nitrogen and oxygen atoms in total. The number of anilines is 1. The Kier molecular flexibility index (Phi) is 6.72. The lowest BCUT2D eigenvalue weighted by molar-refractivity contribution is 0.0935. The van der Waals surface area contributed by atoms with Gasteiger partial charge in [0.1, 0.15) is 5.75 Å². The van der Waals surface area contributed by atoms with Crippen LogP contribution in [0.2, 0.25) is 0 Å². The first kappa shape index (κ1) is 21.8. The van der Waals surface area contributed by atoms with Gasteiger partial charge >= 0.3 is 0 Å². The fraction of sp³-hybridized carbons (Fsp3) is 0.381. The van der Waals surface area contributed by atoms with E-state index in [-0.39, 0.29) is 11.9 Å². The monoisotopic (exact) mass is 404 g/mol. The van der Waals surface area contributed by atoms with Crippen LogP contribution in [0.3, 0.4) is 0 Å². The molecule has 7 heteroatoms. The molecule has 0 aliphatic heterocycles. The van der Waals surface area contributed by atoms with Gasteiger partial charge in [0, 0.05) is 12.6 Å². The van der Waals surface area contributed by atoms with E-state index in [9.17, 15) is 13.2 Å². The van der Waals surface area contributed by atoms with E-state index in [0.29, 0.717) is 16.8 Å².